The quantitative estimate of drug-likeness (QED) is 0.479. The number of hydrogen-bond acceptors (Lipinski definition) is 4. The van der Waals surface area contributed by atoms with Gasteiger partial charge < -0.3 is 15.4 Å². The molecule has 3 aromatic carbocycles. The molecule has 35 heavy (non-hydrogen) atoms. The first-order chi connectivity index (χ1) is 16.6. The predicted molar refractivity (Wildman–Crippen MR) is 126 cm³/mol. The van der Waals surface area contributed by atoms with Gasteiger partial charge in [0.2, 0.25) is 0 Å². The lowest BCUT2D eigenvalue weighted by Crippen LogP contribution is -2.35. The number of aryl methyl sites for hydroxylation is 1. The molecule has 0 aliphatic carbocycles. The van der Waals surface area contributed by atoms with Crippen LogP contribution in [0.15, 0.2) is 71.6 Å². The lowest BCUT2D eigenvalue weighted by Gasteiger charge is -2.31. The summed E-state index contributed by atoms with van der Waals surface area (Å²) in [7, 11) is -2.31. The molecule has 2 amide bonds. The van der Waals surface area contributed by atoms with Gasteiger partial charge in [0, 0.05) is 17.9 Å². The molecular formula is C24H22F3N3O4S. The maximum Gasteiger partial charge on any atom is 0.416 e. The molecule has 0 fully saturated rings. The Balaban J connectivity index is 1.51. The molecule has 0 atom stereocenters. The summed E-state index contributed by atoms with van der Waals surface area (Å²) in [4.78, 5) is 12.5. The number of rotatable bonds is 5. The van der Waals surface area contributed by atoms with Crippen LogP contribution in [0.25, 0.3) is 0 Å². The van der Waals surface area contributed by atoms with Crippen LogP contribution in [0, 0.1) is 0 Å². The van der Waals surface area contributed by atoms with Crippen molar-refractivity contribution in [3.63, 3.8) is 0 Å². The van der Waals surface area contributed by atoms with Crippen molar-refractivity contribution in [1.29, 1.82) is 0 Å². The van der Waals surface area contributed by atoms with Gasteiger partial charge in [-0.1, -0.05) is 6.07 Å². The number of carbonyl (C=O) groups excluding carboxylic acids is 1. The fourth-order valence-corrected chi connectivity index (χ4v) is 5.37. The largest absolute Gasteiger partial charge is 0.497 e. The topological polar surface area (TPSA) is 87.7 Å². The molecule has 11 heteroatoms. The van der Waals surface area contributed by atoms with Crippen LogP contribution < -0.4 is 19.7 Å². The molecule has 7 nitrogen and oxygen atoms in total. The normalized spacial score (nSPS) is 13.7. The third kappa shape index (κ3) is 5.35. The van der Waals surface area contributed by atoms with Crippen molar-refractivity contribution in [2.24, 2.45) is 0 Å². The van der Waals surface area contributed by atoms with Gasteiger partial charge in [-0.15, -0.1) is 0 Å². The number of benzene rings is 3. The summed E-state index contributed by atoms with van der Waals surface area (Å²) in [6, 6.07) is 14.5. The van der Waals surface area contributed by atoms with Crippen LogP contribution in [0.5, 0.6) is 5.75 Å². The molecule has 0 aromatic heterocycles. The van der Waals surface area contributed by atoms with E-state index in [1.165, 1.54) is 35.7 Å². The fraction of sp³-hybridized carbons (Fsp3) is 0.208. The molecule has 0 radical (unpaired) electrons. The van der Waals surface area contributed by atoms with E-state index < -0.39 is 27.8 Å². The van der Waals surface area contributed by atoms with Gasteiger partial charge in [-0.25, -0.2) is 13.2 Å². The van der Waals surface area contributed by atoms with Gasteiger partial charge in [-0.05, 0) is 79.1 Å². The van der Waals surface area contributed by atoms with Crippen molar-refractivity contribution in [3.05, 3.63) is 77.9 Å². The standard InChI is InChI=1S/C24H22F3N3O4S/c1-34-20-8-10-21(11-9-20)35(32,33)30-13-3-4-16-14-19(7-12-22(16)30)29-23(31)28-18-6-2-5-17(15-18)24(25,26)27/h2,5-12,14-15H,3-4,13H2,1H3,(H2,28,29,31). The summed E-state index contributed by atoms with van der Waals surface area (Å²) in [6.45, 7) is 0.310. The molecule has 0 saturated heterocycles. The van der Waals surface area contributed by atoms with Gasteiger partial charge in [0.05, 0.1) is 23.3 Å². The number of amides is 2. The van der Waals surface area contributed by atoms with Gasteiger partial charge in [-0.3, -0.25) is 4.31 Å². The van der Waals surface area contributed by atoms with Gasteiger partial charge in [-0.2, -0.15) is 13.2 Å². The Morgan fingerprint density at radius 3 is 2.31 bits per heavy atom. The van der Waals surface area contributed by atoms with Crippen molar-refractivity contribution in [2.45, 2.75) is 23.9 Å². The predicted octanol–water partition coefficient (Wildman–Crippen LogP) is 5.50. The lowest BCUT2D eigenvalue weighted by atomic mass is 10.0. The minimum atomic E-state index is -4.52. The van der Waals surface area contributed by atoms with Gasteiger partial charge >= 0.3 is 12.2 Å². The summed E-state index contributed by atoms with van der Waals surface area (Å²) in [5.74, 6) is 0.544. The van der Waals surface area contributed by atoms with E-state index in [-0.39, 0.29) is 10.6 Å². The van der Waals surface area contributed by atoms with E-state index in [1.54, 1.807) is 30.3 Å². The summed E-state index contributed by atoms with van der Waals surface area (Å²) in [5.41, 5.74) is 0.743. The zero-order valence-electron chi connectivity index (χ0n) is 18.6. The highest BCUT2D eigenvalue weighted by atomic mass is 32.2. The number of halogens is 3. The third-order valence-corrected chi connectivity index (χ3v) is 7.34. The smallest absolute Gasteiger partial charge is 0.416 e. The number of hydrogen-bond donors (Lipinski definition) is 2. The zero-order valence-corrected chi connectivity index (χ0v) is 19.4. The third-order valence-electron chi connectivity index (χ3n) is 5.51. The first kappa shape index (κ1) is 24.4. The Morgan fingerprint density at radius 1 is 0.971 bits per heavy atom. The molecule has 1 aliphatic rings. The number of alkyl halides is 3. The Hall–Kier alpha value is -3.73. The van der Waals surface area contributed by atoms with E-state index in [9.17, 15) is 26.4 Å². The van der Waals surface area contributed by atoms with Crippen molar-refractivity contribution in [1.82, 2.24) is 0 Å². The Morgan fingerprint density at radius 2 is 1.66 bits per heavy atom. The molecule has 0 spiro atoms. The number of sulfonamides is 1. The van der Waals surface area contributed by atoms with Crippen molar-refractivity contribution in [3.8, 4) is 5.75 Å². The second-order valence-electron chi connectivity index (χ2n) is 7.86. The van der Waals surface area contributed by atoms with Crippen LogP contribution >= 0.6 is 0 Å². The molecule has 2 N–H and O–H groups in total. The number of nitrogens with one attached hydrogen (secondary N) is 2. The Labute approximate surface area is 200 Å². The van der Waals surface area contributed by atoms with E-state index in [0.717, 1.165) is 17.7 Å². The summed E-state index contributed by atoms with van der Waals surface area (Å²) < 4.78 is 71.6. The highest BCUT2D eigenvalue weighted by molar-refractivity contribution is 7.92. The Kier molecular flexibility index (Phi) is 6.62. The monoisotopic (exact) mass is 505 g/mol. The number of urea groups is 1. The van der Waals surface area contributed by atoms with E-state index in [1.807, 2.05) is 0 Å². The highest BCUT2D eigenvalue weighted by Crippen LogP contribution is 2.34. The molecule has 0 saturated carbocycles. The fourth-order valence-electron chi connectivity index (χ4n) is 3.83. The van der Waals surface area contributed by atoms with E-state index >= 15 is 0 Å². The van der Waals surface area contributed by atoms with Gasteiger partial charge in [0.1, 0.15) is 5.75 Å². The number of fused-ring (bicyclic) bond motifs is 1. The van der Waals surface area contributed by atoms with E-state index in [4.69, 9.17) is 4.74 Å². The van der Waals surface area contributed by atoms with Gasteiger partial charge in [0.15, 0.2) is 0 Å². The second-order valence-corrected chi connectivity index (χ2v) is 9.72. The molecule has 0 unspecified atom stereocenters. The summed E-state index contributed by atoms with van der Waals surface area (Å²) >= 11 is 0. The van der Waals surface area contributed by atoms with Crippen LogP contribution in [0.4, 0.5) is 35.0 Å². The lowest BCUT2D eigenvalue weighted by molar-refractivity contribution is -0.137. The van der Waals surface area contributed by atoms with Crippen LogP contribution in [0.1, 0.15) is 17.5 Å². The first-order valence-corrected chi connectivity index (χ1v) is 12.1. The van der Waals surface area contributed by atoms with Crippen molar-refractivity contribution >= 4 is 33.1 Å². The van der Waals surface area contributed by atoms with Crippen LogP contribution in [0.3, 0.4) is 0 Å². The molecule has 1 heterocycles. The van der Waals surface area contributed by atoms with Crippen LogP contribution in [-0.2, 0) is 22.6 Å². The minimum Gasteiger partial charge on any atom is -0.497 e. The molecule has 3 aromatic rings. The number of carbonyl (C=O) groups is 1. The minimum absolute atomic E-state index is 0.00737. The SMILES string of the molecule is COc1ccc(S(=O)(=O)N2CCCc3cc(NC(=O)Nc4cccc(C(F)(F)F)c4)ccc32)cc1. The van der Waals surface area contributed by atoms with Crippen LogP contribution in [0.2, 0.25) is 0 Å². The highest BCUT2D eigenvalue weighted by Gasteiger charge is 2.31. The number of methoxy groups -OCH3 is 1. The number of anilines is 3. The maximum atomic E-state index is 13.2. The molecule has 184 valence electrons. The molecule has 1 aliphatic heterocycles. The molecule has 4 rings (SSSR count). The van der Waals surface area contributed by atoms with E-state index in [2.05, 4.69) is 10.6 Å². The average molecular weight is 506 g/mol. The maximum absolute atomic E-state index is 13.2. The Bertz CT molecular complexity index is 1340. The first-order valence-electron chi connectivity index (χ1n) is 10.6. The van der Waals surface area contributed by atoms with Crippen molar-refractivity contribution < 1.29 is 31.1 Å². The van der Waals surface area contributed by atoms with Gasteiger partial charge in [0.25, 0.3) is 10.0 Å². The summed E-state index contributed by atoms with van der Waals surface area (Å²) in [5, 5.41) is 4.96. The number of nitrogens with zero attached hydrogens (tertiary/aromatic N) is 1. The van der Waals surface area contributed by atoms with E-state index in [0.29, 0.717) is 36.5 Å². The van der Waals surface area contributed by atoms with Crippen LogP contribution in [-0.4, -0.2) is 28.1 Å². The zero-order chi connectivity index (χ0) is 25.2. The molecular weight excluding hydrogens is 483 g/mol. The van der Waals surface area contributed by atoms with Crippen molar-refractivity contribution in [2.75, 3.05) is 28.6 Å². The average Bonchev–Trinajstić information content (AvgIpc) is 2.83. The second kappa shape index (κ2) is 9.49. The number of ether oxygens (including phenoxy) is 1. The summed E-state index contributed by atoms with van der Waals surface area (Å²) in [6.07, 6.45) is -3.33. The molecule has 0 bridgehead atoms.